The summed E-state index contributed by atoms with van der Waals surface area (Å²) in [6.07, 6.45) is 3.39. The third-order valence-electron chi connectivity index (χ3n) is 2.47. The second-order valence-corrected chi connectivity index (χ2v) is 4.54. The van der Waals surface area contributed by atoms with E-state index in [4.69, 9.17) is 0 Å². The first kappa shape index (κ1) is 11.2. The Kier molecular flexibility index (Phi) is 3.64. The normalized spacial score (nSPS) is 12.6. The van der Waals surface area contributed by atoms with Crippen LogP contribution in [0.25, 0.3) is 0 Å². The molecule has 16 heavy (non-hydrogen) atoms. The summed E-state index contributed by atoms with van der Waals surface area (Å²) in [5.41, 5.74) is 2.34. The van der Waals surface area contributed by atoms with E-state index in [-0.39, 0.29) is 6.04 Å². The van der Waals surface area contributed by atoms with Crippen LogP contribution in [0, 0.1) is 6.92 Å². The van der Waals surface area contributed by atoms with Gasteiger partial charge in [-0.2, -0.15) is 0 Å². The lowest BCUT2D eigenvalue weighted by atomic mass is 10.1. The van der Waals surface area contributed by atoms with E-state index in [9.17, 15) is 0 Å². The van der Waals surface area contributed by atoms with Crippen LogP contribution in [0.15, 0.2) is 30.0 Å². The molecule has 2 aromatic heterocycles. The predicted octanol–water partition coefficient (Wildman–Crippen LogP) is 2.55. The van der Waals surface area contributed by atoms with Gasteiger partial charge in [-0.15, -0.1) is 11.3 Å². The van der Waals surface area contributed by atoms with E-state index in [1.165, 1.54) is 10.4 Å². The van der Waals surface area contributed by atoms with Gasteiger partial charge in [0.1, 0.15) is 6.33 Å². The van der Waals surface area contributed by atoms with Crippen LogP contribution in [0.2, 0.25) is 0 Å². The fourth-order valence-corrected chi connectivity index (χ4v) is 2.70. The molecule has 2 heterocycles. The van der Waals surface area contributed by atoms with Crippen LogP contribution in [-0.2, 0) is 0 Å². The zero-order valence-corrected chi connectivity index (χ0v) is 10.3. The number of hydrogen-bond acceptors (Lipinski definition) is 4. The van der Waals surface area contributed by atoms with E-state index in [1.54, 1.807) is 23.9 Å². The first-order valence-electron chi connectivity index (χ1n) is 5.36. The van der Waals surface area contributed by atoms with Gasteiger partial charge in [0.05, 0.1) is 11.7 Å². The fraction of sp³-hybridized carbons (Fsp3) is 0.333. The Morgan fingerprint density at radius 2 is 2.31 bits per heavy atom. The molecule has 1 atom stereocenters. The third-order valence-corrected chi connectivity index (χ3v) is 3.56. The van der Waals surface area contributed by atoms with Gasteiger partial charge in [-0.3, -0.25) is 0 Å². The van der Waals surface area contributed by atoms with Crippen molar-refractivity contribution in [3.63, 3.8) is 0 Å². The van der Waals surface area contributed by atoms with Crippen LogP contribution in [0.5, 0.6) is 0 Å². The third kappa shape index (κ3) is 2.28. The van der Waals surface area contributed by atoms with Crippen LogP contribution in [0.3, 0.4) is 0 Å². The summed E-state index contributed by atoms with van der Waals surface area (Å²) in [6.45, 7) is 5.17. The fourth-order valence-electron chi connectivity index (χ4n) is 1.69. The first-order valence-corrected chi connectivity index (χ1v) is 6.24. The molecule has 0 aliphatic rings. The molecule has 0 spiro atoms. The van der Waals surface area contributed by atoms with Crippen molar-refractivity contribution in [2.45, 2.75) is 19.9 Å². The molecule has 1 unspecified atom stereocenters. The average Bonchev–Trinajstić information content (AvgIpc) is 2.73. The minimum absolute atomic E-state index is 0.188. The topological polar surface area (TPSA) is 37.8 Å². The molecule has 0 aliphatic carbocycles. The lowest BCUT2D eigenvalue weighted by molar-refractivity contribution is 0.620. The number of nitrogens with one attached hydrogen (secondary N) is 1. The second kappa shape index (κ2) is 5.18. The molecular weight excluding hydrogens is 218 g/mol. The van der Waals surface area contributed by atoms with E-state index in [0.717, 1.165) is 12.2 Å². The Morgan fingerprint density at radius 3 is 2.88 bits per heavy atom. The van der Waals surface area contributed by atoms with E-state index in [0.29, 0.717) is 0 Å². The number of aromatic nitrogens is 2. The van der Waals surface area contributed by atoms with Crippen molar-refractivity contribution in [3.8, 4) is 0 Å². The lowest BCUT2D eigenvalue weighted by Gasteiger charge is -2.16. The highest BCUT2D eigenvalue weighted by Crippen LogP contribution is 2.27. The van der Waals surface area contributed by atoms with Gasteiger partial charge in [0, 0.05) is 11.1 Å². The number of rotatable bonds is 4. The Bertz CT molecular complexity index is 439. The van der Waals surface area contributed by atoms with Gasteiger partial charge in [0.25, 0.3) is 0 Å². The van der Waals surface area contributed by atoms with Crippen molar-refractivity contribution in [2.75, 3.05) is 6.54 Å². The maximum atomic E-state index is 4.33. The molecule has 4 heteroatoms. The van der Waals surface area contributed by atoms with Crippen molar-refractivity contribution in [1.82, 2.24) is 15.3 Å². The Labute approximate surface area is 99.6 Å². The van der Waals surface area contributed by atoms with Crippen LogP contribution < -0.4 is 5.32 Å². The predicted molar refractivity (Wildman–Crippen MR) is 66.6 cm³/mol. The van der Waals surface area contributed by atoms with Crippen molar-refractivity contribution < 1.29 is 0 Å². The molecule has 2 rings (SSSR count). The first-order chi connectivity index (χ1) is 7.83. The standard InChI is InChI=1S/C12H15N3S/c1-3-14-11(10-4-6-13-8-15-10)12-9(2)5-7-16-12/h4-8,11,14H,3H2,1-2H3. The minimum Gasteiger partial charge on any atom is -0.305 e. The van der Waals surface area contributed by atoms with Crippen molar-refractivity contribution in [3.05, 3.63) is 46.2 Å². The maximum Gasteiger partial charge on any atom is 0.115 e. The van der Waals surface area contributed by atoms with Gasteiger partial charge in [0.15, 0.2) is 0 Å². The van der Waals surface area contributed by atoms with Crippen molar-refractivity contribution in [1.29, 1.82) is 0 Å². The molecule has 0 bridgehead atoms. The van der Waals surface area contributed by atoms with Crippen LogP contribution >= 0.6 is 11.3 Å². The second-order valence-electron chi connectivity index (χ2n) is 3.59. The summed E-state index contributed by atoms with van der Waals surface area (Å²) >= 11 is 1.77. The van der Waals surface area contributed by atoms with E-state index >= 15 is 0 Å². The molecule has 0 radical (unpaired) electrons. The molecule has 0 aliphatic heterocycles. The lowest BCUT2D eigenvalue weighted by Crippen LogP contribution is -2.22. The van der Waals surface area contributed by atoms with Gasteiger partial charge in [0.2, 0.25) is 0 Å². The van der Waals surface area contributed by atoms with Gasteiger partial charge in [-0.05, 0) is 36.5 Å². The van der Waals surface area contributed by atoms with Crippen molar-refractivity contribution in [2.24, 2.45) is 0 Å². The average molecular weight is 233 g/mol. The number of hydrogen-bond donors (Lipinski definition) is 1. The molecule has 0 saturated heterocycles. The Hall–Kier alpha value is -1.26. The van der Waals surface area contributed by atoms with Crippen LogP contribution in [-0.4, -0.2) is 16.5 Å². The number of thiophene rings is 1. The molecule has 84 valence electrons. The van der Waals surface area contributed by atoms with E-state index in [1.807, 2.05) is 6.07 Å². The molecule has 1 N–H and O–H groups in total. The Balaban J connectivity index is 2.35. The maximum absolute atomic E-state index is 4.33. The summed E-state index contributed by atoms with van der Waals surface area (Å²) in [5.74, 6) is 0. The minimum atomic E-state index is 0.188. The van der Waals surface area contributed by atoms with Crippen LogP contribution in [0.4, 0.5) is 0 Å². The summed E-state index contributed by atoms with van der Waals surface area (Å²) < 4.78 is 0. The van der Waals surface area contributed by atoms with Crippen molar-refractivity contribution >= 4 is 11.3 Å². The number of nitrogens with zero attached hydrogens (tertiary/aromatic N) is 2. The summed E-state index contributed by atoms with van der Waals surface area (Å²) in [7, 11) is 0. The molecule has 0 fully saturated rings. The van der Waals surface area contributed by atoms with Gasteiger partial charge < -0.3 is 5.32 Å². The number of aryl methyl sites for hydroxylation is 1. The van der Waals surface area contributed by atoms with E-state index < -0.39 is 0 Å². The molecule has 0 amide bonds. The van der Waals surface area contributed by atoms with Gasteiger partial charge in [-0.25, -0.2) is 9.97 Å². The monoisotopic (exact) mass is 233 g/mol. The molecule has 3 nitrogen and oxygen atoms in total. The van der Waals surface area contributed by atoms with E-state index in [2.05, 4.69) is 40.6 Å². The molecular formula is C12H15N3S. The highest BCUT2D eigenvalue weighted by atomic mass is 32.1. The zero-order chi connectivity index (χ0) is 11.4. The van der Waals surface area contributed by atoms with Gasteiger partial charge in [-0.1, -0.05) is 6.92 Å². The highest BCUT2D eigenvalue weighted by Gasteiger charge is 2.17. The Morgan fingerprint density at radius 1 is 1.44 bits per heavy atom. The largest absolute Gasteiger partial charge is 0.305 e. The summed E-state index contributed by atoms with van der Waals surface area (Å²) in [4.78, 5) is 9.62. The summed E-state index contributed by atoms with van der Waals surface area (Å²) in [5, 5.41) is 5.58. The SMILES string of the molecule is CCNC(c1ccncn1)c1sccc1C. The van der Waals surface area contributed by atoms with Crippen LogP contribution in [0.1, 0.15) is 29.1 Å². The molecule has 0 aromatic carbocycles. The summed E-state index contributed by atoms with van der Waals surface area (Å²) in [6, 6.07) is 4.30. The highest BCUT2D eigenvalue weighted by molar-refractivity contribution is 7.10. The molecule has 2 aromatic rings. The van der Waals surface area contributed by atoms with Gasteiger partial charge >= 0.3 is 0 Å². The molecule has 0 saturated carbocycles. The quantitative estimate of drug-likeness (QED) is 0.882. The smallest absolute Gasteiger partial charge is 0.115 e. The zero-order valence-electron chi connectivity index (χ0n) is 9.47.